The van der Waals surface area contributed by atoms with Gasteiger partial charge < -0.3 is 10.2 Å². The van der Waals surface area contributed by atoms with Gasteiger partial charge in [0, 0.05) is 17.1 Å². The van der Waals surface area contributed by atoms with Crippen LogP contribution in [0.3, 0.4) is 0 Å². The molecule has 1 N–H and O–H groups in total. The molecule has 0 unspecified atom stereocenters. The van der Waals surface area contributed by atoms with Gasteiger partial charge in [-0.25, -0.2) is 8.42 Å². The quantitative estimate of drug-likeness (QED) is 0.323. The fourth-order valence-electron chi connectivity index (χ4n) is 4.42. The highest BCUT2D eigenvalue weighted by atomic mass is 35.5. The molecule has 0 saturated carbocycles. The standard InChI is InChI=1S/C31H38ClN3O4S/c1-7-27(30(37)33-31(4,5)6)34(20-24-15-11-12-18-26(24)32)29(36)21-35(28-19-13-14-22(2)23(28)3)40(38,39)25-16-9-8-10-17-25/h8-19,27H,7,20-21H2,1-6H3,(H,33,37)/t27-/m1/s1. The van der Waals surface area contributed by atoms with E-state index < -0.39 is 34.1 Å². The summed E-state index contributed by atoms with van der Waals surface area (Å²) >= 11 is 6.45. The molecule has 3 rings (SSSR count). The maximum atomic E-state index is 14.2. The molecule has 2 amide bonds. The lowest BCUT2D eigenvalue weighted by molar-refractivity contribution is -0.141. The van der Waals surface area contributed by atoms with Crippen LogP contribution in [-0.4, -0.2) is 43.3 Å². The highest BCUT2D eigenvalue weighted by molar-refractivity contribution is 7.92. The van der Waals surface area contributed by atoms with Gasteiger partial charge in [0.1, 0.15) is 12.6 Å². The first-order valence-corrected chi connectivity index (χ1v) is 15.1. The molecule has 0 spiro atoms. The summed E-state index contributed by atoms with van der Waals surface area (Å²) in [6.45, 7) is 10.7. The molecule has 0 aliphatic carbocycles. The monoisotopic (exact) mass is 583 g/mol. The Balaban J connectivity index is 2.12. The molecule has 0 aliphatic rings. The van der Waals surface area contributed by atoms with Crippen molar-refractivity contribution in [2.45, 2.75) is 71.0 Å². The Kier molecular flexibility index (Phi) is 10.0. The van der Waals surface area contributed by atoms with E-state index in [1.54, 1.807) is 48.5 Å². The van der Waals surface area contributed by atoms with Gasteiger partial charge in [-0.05, 0) is 82.0 Å². The second kappa shape index (κ2) is 12.9. The van der Waals surface area contributed by atoms with Crippen LogP contribution in [-0.2, 0) is 26.2 Å². The SMILES string of the molecule is CC[C@H](C(=O)NC(C)(C)C)N(Cc1ccccc1Cl)C(=O)CN(c1cccc(C)c1C)S(=O)(=O)c1ccccc1. The van der Waals surface area contributed by atoms with Crippen molar-refractivity contribution in [2.24, 2.45) is 0 Å². The number of rotatable bonds is 10. The van der Waals surface area contributed by atoms with E-state index in [-0.39, 0.29) is 17.3 Å². The molecule has 7 nitrogen and oxygen atoms in total. The van der Waals surface area contributed by atoms with Gasteiger partial charge in [-0.15, -0.1) is 0 Å². The number of nitrogens with one attached hydrogen (secondary N) is 1. The van der Waals surface area contributed by atoms with E-state index in [1.165, 1.54) is 17.0 Å². The molecule has 214 valence electrons. The summed E-state index contributed by atoms with van der Waals surface area (Å²) in [6, 6.07) is 19.6. The Morgan fingerprint density at radius 2 is 1.55 bits per heavy atom. The topological polar surface area (TPSA) is 86.8 Å². The van der Waals surface area contributed by atoms with Crippen molar-refractivity contribution in [3.8, 4) is 0 Å². The lowest BCUT2D eigenvalue weighted by Crippen LogP contribution is -2.55. The number of nitrogens with zero attached hydrogens (tertiary/aromatic N) is 2. The predicted octanol–water partition coefficient (Wildman–Crippen LogP) is 5.87. The lowest BCUT2D eigenvalue weighted by atomic mass is 10.1. The minimum atomic E-state index is -4.13. The molecule has 0 saturated heterocycles. The number of halogens is 1. The number of hydrogen-bond acceptors (Lipinski definition) is 4. The van der Waals surface area contributed by atoms with Crippen molar-refractivity contribution in [2.75, 3.05) is 10.8 Å². The van der Waals surface area contributed by atoms with Crippen molar-refractivity contribution in [3.63, 3.8) is 0 Å². The summed E-state index contributed by atoms with van der Waals surface area (Å²) in [6.07, 6.45) is 0.326. The van der Waals surface area contributed by atoms with Crippen molar-refractivity contribution in [1.29, 1.82) is 0 Å². The summed E-state index contributed by atoms with van der Waals surface area (Å²) in [5.74, 6) is -0.837. The van der Waals surface area contributed by atoms with Crippen LogP contribution in [0.15, 0.2) is 77.7 Å². The predicted molar refractivity (Wildman–Crippen MR) is 161 cm³/mol. The third-order valence-electron chi connectivity index (χ3n) is 6.64. The van der Waals surface area contributed by atoms with Crippen LogP contribution in [0.4, 0.5) is 5.69 Å². The molecule has 3 aromatic carbocycles. The van der Waals surface area contributed by atoms with E-state index in [2.05, 4.69) is 5.32 Å². The largest absolute Gasteiger partial charge is 0.350 e. The Hall–Kier alpha value is -3.36. The molecule has 9 heteroatoms. The van der Waals surface area contributed by atoms with Gasteiger partial charge in [0.2, 0.25) is 11.8 Å². The number of benzene rings is 3. The molecule has 0 aromatic heterocycles. The molecule has 0 aliphatic heterocycles. The van der Waals surface area contributed by atoms with Crippen LogP contribution in [0, 0.1) is 13.8 Å². The van der Waals surface area contributed by atoms with Gasteiger partial charge in [-0.3, -0.25) is 13.9 Å². The fourth-order valence-corrected chi connectivity index (χ4v) is 6.11. The van der Waals surface area contributed by atoms with Crippen LogP contribution < -0.4 is 9.62 Å². The Labute approximate surface area is 243 Å². The first-order chi connectivity index (χ1) is 18.8. The average molecular weight is 584 g/mol. The molecular weight excluding hydrogens is 546 g/mol. The third kappa shape index (κ3) is 7.43. The molecule has 0 fully saturated rings. The molecule has 0 heterocycles. The zero-order valence-corrected chi connectivity index (χ0v) is 25.5. The number of carbonyl (C=O) groups excluding carboxylic acids is 2. The second-order valence-corrected chi connectivity index (χ2v) is 13.1. The fraction of sp³-hybridized carbons (Fsp3) is 0.355. The highest BCUT2D eigenvalue weighted by Crippen LogP contribution is 2.29. The minimum Gasteiger partial charge on any atom is -0.350 e. The summed E-state index contributed by atoms with van der Waals surface area (Å²) in [5, 5.41) is 3.42. The molecule has 3 aromatic rings. The minimum absolute atomic E-state index is 0.0423. The average Bonchev–Trinajstić information content (AvgIpc) is 2.89. The van der Waals surface area contributed by atoms with E-state index in [1.807, 2.05) is 53.7 Å². The van der Waals surface area contributed by atoms with Crippen molar-refractivity contribution in [3.05, 3.63) is 94.5 Å². The number of hydrogen-bond donors (Lipinski definition) is 1. The second-order valence-electron chi connectivity index (χ2n) is 10.8. The Bertz CT molecular complexity index is 1450. The molecule has 0 bridgehead atoms. The van der Waals surface area contributed by atoms with Crippen molar-refractivity contribution >= 4 is 39.1 Å². The van der Waals surface area contributed by atoms with Crippen molar-refractivity contribution < 1.29 is 18.0 Å². The smallest absolute Gasteiger partial charge is 0.264 e. The van der Waals surface area contributed by atoms with Gasteiger partial charge in [0.05, 0.1) is 10.6 Å². The van der Waals surface area contributed by atoms with Crippen molar-refractivity contribution in [1.82, 2.24) is 10.2 Å². The number of amides is 2. The highest BCUT2D eigenvalue weighted by Gasteiger charge is 2.35. The van der Waals surface area contributed by atoms with Gasteiger partial charge in [-0.2, -0.15) is 0 Å². The van der Waals surface area contributed by atoms with Crippen LogP contribution in [0.25, 0.3) is 0 Å². The molecular formula is C31H38ClN3O4S. The van der Waals surface area contributed by atoms with E-state index >= 15 is 0 Å². The van der Waals surface area contributed by atoms with E-state index in [0.29, 0.717) is 22.7 Å². The third-order valence-corrected chi connectivity index (χ3v) is 8.78. The van der Waals surface area contributed by atoms with Crippen LogP contribution in [0.1, 0.15) is 50.8 Å². The number of carbonyl (C=O) groups is 2. The van der Waals surface area contributed by atoms with E-state index in [9.17, 15) is 18.0 Å². The van der Waals surface area contributed by atoms with Gasteiger partial charge in [0.25, 0.3) is 10.0 Å². The molecule has 0 radical (unpaired) electrons. The Morgan fingerprint density at radius 3 is 2.15 bits per heavy atom. The lowest BCUT2D eigenvalue weighted by Gasteiger charge is -2.35. The van der Waals surface area contributed by atoms with Crippen LogP contribution in [0.2, 0.25) is 5.02 Å². The van der Waals surface area contributed by atoms with E-state index in [0.717, 1.165) is 15.4 Å². The maximum Gasteiger partial charge on any atom is 0.264 e. The Morgan fingerprint density at radius 1 is 0.925 bits per heavy atom. The normalized spacial score (nSPS) is 12.5. The maximum absolute atomic E-state index is 14.2. The summed E-state index contributed by atoms with van der Waals surface area (Å²) < 4.78 is 29.1. The van der Waals surface area contributed by atoms with Crippen LogP contribution >= 0.6 is 11.6 Å². The van der Waals surface area contributed by atoms with Crippen LogP contribution in [0.5, 0.6) is 0 Å². The van der Waals surface area contributed by atoms with Gasteiger partial charge >= 0.3 is 0 Å². The van der Waals surface area contributed by atoms with Gasteiger partial charge in [0.15, 0.2) is 0 Å². The first kappa shape index (κ1) is 31.2. The number of anilines is 1. The summed E-state index contributed by atoms with van der Waals surface area (Å²) in [7, 11) is -4.13. The first-order valence-electron chi connectivity index (χ1n) is 13.2. The zero-order chi connectivity index (χ0) is 29.7. The molecule has 40 heavy (non-hydrogen) atoms. The summed E-state index contributed by atoms with van der Waals surface area (Å²) in [5.41, 5.74) is 2.17. The van der Waals surface area contributed by atoms with E-state index in [4.69, 9.17) is 11.6 Å². The molecule has 1 atom stereocenters. The number of sulfonamides is 1. The van der Waals surface area contributed by atoms with Gasteiger partial charge in [-0.1, -0.05) is 67.1 Å². The summed E-state index contributed by atoms with van der Waals surface area (Å²) in [4.78, 5) is 29.1. The number of aryl methyl sites for hydroxylation is 1. The zero-order valence-electron chi connectivity index (χ0n) is 23.9.